The summed E-state index contributed by atoms with van der Waals surface area (Å²) >= 11 is 5.90. The first-order chi connectivity index (χ1) is 23.0. The normalized spacial score (nSPS) is 14.1. The van der Waals surface area contributed by atoms with Crippen LogP contribution in [0.15, 0.2) is 29.3 Å². The van der Waals surface area contributed by atoms with Gasteiger partial charge in [-0.05, 0) is 113 Å². The molecule has 2 rings (SSSR count). The highest BCUT2D eigenvalue weighted by Crippen LogP contribution is 2.36. The number of carbonyl (C=O) groups excluding carboxylic acids is 1. The van der Waals surface area contributed by atoms with Gasteiger partial charge in [0, 0.05) is 23.6 Å². The number of amides is 1. The molecule has 0 aliphatic carbocycles. The molecule has 6 nitrogen and oxygen atoms in total. The van der Waals surface area contributed by atoms with Crippen molar-refractivity contribution < 1.29 is 32.2 Å². The lowest BCUT2D eigenvalue weighted by Crippen LogP contribution is -2.27. The summed E-state index contributed by atoms with van der Waals surface area (Å²) < 4.78 is 55.4. The number of nitrogens with zero attached hydrogens (tertiary/aromatic N) is 1. The summed E-state index contributed by atoms with van der Waals surface area (Å²) in [6.45, 7) is 23.3. The summed E-state index contributed by atoms with van der Waals surface area (Å²) in [5.74, 6) is 1.15. The number of benzene rings is 2. The van der Waals surface area contributed by atoms with E-state index in [4.69, 9.17) is 25.8 Å². The Morgan fingerprint density at radius 3 is 2.06 bits per heavy atom. The van der Waals surface area contributed by atoms with Crippen LogP contribution in [-0.4, -0.2) is 44.8 Å². The zero-order valence-corrected chi connectivity index (χ0v) is 32.7. The number of amidine groups is 1. The molecule has 10 heteroatoms. The lowest BCUT2D eigenvalue weighted by molar-refractivity contribution is -0.137. The number of rotatable bonds is 16. The molecule has 49 heavy (non-hydrogen) atoms. The van der Waals surface area contributed by atoms with Gasteiger partial charge in [0.15, 0.2) is 0 Å². The molecule has 0 radical (unpaired) electrons. The van der Waals surface area contributed by atoms with Crippen molar-refractivity contribution in [1.82, 2.24) is 5.32 Å². The second kappa shape index (κ2) is 24.6. The van der Waals surface area contributed by atoms with Gasteiger partial charge in [0.1, 0.15) is 5.84 Å². The van der Waals surface area contributed by atoms with Gasteiger partial charge in [-0.1, -0.05) is 59.6 Å². The molecular formula is C39H62ClF3N2O4. The fourth-order valence-corrected chi connectivity index (χ4v) is 5.10. The van der Waals surface area contributed by atoms with Crippen LogP contribution in [0, 0.1) is 32.6 Å². The van der Waals surface area contributed by atoms with E-state index in [0.29, 0.717) is 47.9 Å². The Balaban J connectivity index is 0.000000824. The summed E-state index contributed by atoms with van der Waals surface area (Å²) in [4.78, 5) is 15.3. The maximum absolute atomic E-state index is 13.1. The Labute approximate surface area is 299 Å². The molecule has 0 fully saturated rings. The van der Waals surface area contributed by atoms with Crippen LogP contribution in [0.25, 0.3) is 0 Å². The van der Waals surface area contributed by atoms with E-state index < -0.39 is 11.7 Å². The van der Waals surface area contributed by atoms with Gasteiger partial charge in [0.25, 0.3) is 0 Å². The maximum atomic E-state index is 13.1. The van der Waals surface area contributed by atoms with E-state index in [0.717, 1.165) is 42.3 Å². The first kappa shape index (κ1) is 46.5. The van der Waals surface area contributed by atoms with E-state index in [2.05, 4.69) is 65.7 Å². The second-order valence-electron chi connectivity index (χ2n) is 12.7. The number of alkyl halides is 3. The molecule has 4 atom stereocenters. The number of hydrogen-bond donors (Lipinski definition) is 1. The number of halogens is 4. The monoisotopic (exact) mass is 714 g/mol. The van der Waals surface area contributed by atoms with Crippen LogP contribution < -0.4 is 5.32 Å². The predicted octanol–water partition coefficient (Wildman–Crippen LogP) is 11.1. The van der Waals surface area contributed by atoms with E-state index in [1.165, 1.54) is 36.6 Å². The Morgan fingerprint density at radius 2 is 1.55 bits per heavy atom. The summed E-state index contributed by atoms with van der Waals surface area (Å²) in [6.07, 6.45) is 2.25. The molecule has 4 unspecified atom stereocenters. The lowest BCUT2D eigenvalue weighted by atomic mass is 10.0. The molecule has 0 spiro atoms. The van der Waals surface area contributed by atoms with Crippen molar-refractivity contribution in [3.05, 3.63) is 62.7 Å². The summed E-state index contributed by atoms with van der Waals surface area (Å²) in [6, 6.07) is 6.14. The average Bonchev–Trinajstić information content (AvgIpc) is 3.04. The minimum absolute atomic E-state index is 0.0399. The Kier molecular flexibility index (Phi) is 23.4. The zero-order chi connectivity index (χ0) is 37.7. The van der Waals surface area contributed by atoms with E-state index in [1.807, 2.05) is 26.0 Å². The molecular weight excluding hydrogens is 653 g/mol. The van der Waals surface area contributed by atoms with Crippen LogP contribution in [-0.2, 0) is 38.2 Å². The largest absolute Gasteiger partial charge is 0.416 e. The average molecular weight is 715 g/mol. The van der Waals surface area contributed by atoms with Crippen LogP contribution in [0.4, 0.5) is 18.9 Å². The molecule has 0 saturated heterocycles. The Hall–Kier alpha value is -2.46. The van der Waals surface area contributed by atoms with Crippen molar-refractivity contribution in [2.24, 2.45) is 16.8 Å². The molecule has 0 heterocycles. The number of aryl methyl sites for hydroxylation is 3. The van der Waals surface area contributed by atoms with Crippen LogP contribution in [0.5, 0.6) is 0 Å². The smallest absolute Gasteiger partial charge is 0.382 e. The highest BCUT2D eigenvalue weighted by atomic mass is 35.5. The van der Waals surface area contributed by atoms with Crippen LogP contribution >= 0.6 is 11.6 Å². The van der Waals surface area contributed by atoms with E-state index in [1.54, 1.807) is 6.92 Å². The number of hydrogen-bond acceptors (Lipinski definition) is 5. The minimum atomic E-state index is -4.46. The zero-order valence-electron chi connectivity index (χ0n) is 31.9. The fraction of sp³-hybridized carbons (Fsp3) is 0.641. The molecule has 0 aliphatic rings. The number of aliphatic imine (C=N–C) groups is 1. The minimum Gasteiger partial charge on any atom is -0.382 e. The fourth-order valence-electron chi connectivity index (χ4n) is 4.80. The summed E-state index contributed by atoms with van der Waals surface area (Å²) in [7, 11) is 1.51. The molecule has 2 aromatic carbocycles. The van der Waals surface area contributed by atoms with Gasteiger partial charge in [0.05, 0.1) is 43.3 Å². The second-order valence-corrected chi connectivity index (χ2v) is 13.1. The van der Waals surface area contributed by atoms with Gasteiger partial charge < -0.3 is 19.5 Å². The van der Waals surface area contributed by atoms with Crippen molar-refractivity contribution in [3.63, 3.8) is 0 Å². The maximum Gasteiger partial charge on any atom is 0.416 e. The van der Waals surface area contributed by atoms with Gasteiger partial charge in [-0.3, -0.25) is 4.79 Å². The van der Waals surface area contributed by atoms with Gasteiger partial charge >= 0.3 is 6.18 Å². The Bertz CT molecular complexity index is 1260. The third kappa shape index (κ3) is 18.4. The standard InChI is InChI=1S/C18H25F3N2O3.C11H24O.C10H13Cl/c1-5-12(2)17(22-11-24)23-16-13(3)8-15(18(19,20)21)9-14(16)10-26-7-6-25-4;1-6-9(3)8-11(5)12-10(4)7-2;1-4-9-6-10(11)5-7(2)8(9)3/h8-9,11-12H,5-7,10H2,1-4H3,(H,22,23,24);9-11H,6-8H2,1-5H3;5-6H,4H2,1-3H3. The van der Waals surface area contributed by atoms with Crippen molar-refractivity contribution in [1.29, 1.82) is 0 Å². The molecule has 2 aromatic rings. The van der Waals surface area contributed by atoms with E-state index >= 15 is 0 Å². The van der Waals surface area contributed by atoms with Gasteiger partial charge in [0.2, 0.25) is 6.41 Å². The molecule has 0 saturated carbocycles. The summed E-state index contributed by atoms with van der Waals surface area (Å²) in [5, 5.41) is 3.40. The number of ether oxygens (including phenoxy) is 3. The van der Waals surface area contributed by atoms with Crippen molar-refractivity contribution in [3.8, 4) is 0 Å². The van der Waals surface area contributed by atoms with Crippen LogP contribution in [0.2, 0.25) is 5.02 Å². The molecule has 0 bridgehead atoms. The molecule has 0 aliphatic heterocycles. The Morgan fingerprint density at radius 1 is 0.898 bits per heavy atom. The summed E-state index contributed by atoms with van der Waals surface area (Å²) in [5.41, 5.74) is 4.30. The quantitative estimate of drug-likeness (QED) is 0.0813. The molecule has 1 N–H and O–H groups in total. The SMILES string of the molecule is CCC(C)C(=Nc1c(C)cc(C(F)(F)F)cc1COCCOC)NC=O.CCC(C)CC(C)OC(C)CC.CCc1cc(Cl)cc(C)c1C. The predicted molar refractivity (Wildman–Crippen MR) is 198 cm³/mol. The van der Waals surface area contributed by atoms with Crippen LogP contribution in [0.1, 0.15) is 114 Å². The number of carbonyl (C=O) groups is 1. The number of nitrogens with one attached hydrogen (secondary N) is 1. The van der Waals surface area contributed by atoms with E-state index in [-0.39, 0.29) is 19.1 Å². The van der Waals surface area contributed by atoms with E-state index in [9.17, 15) is 18.0 Å². The molecule has 0 aromatic heterocycles. The van der Waals surface area contributed by atoms with Gasteiger partial charge in [-0.25, -0.2) is 4.99 Å². The lowest BCUT2D eigenvalue weighted by Gasteiger charge is -2.20. The van der Waals surface area contributed by atoms with Crippen LogP contribution in [0.3, 0.4) is 0 Å². The van der Waals surface area contributed by atoms with Gasteiger partial charge in [-0.15, -0.1) is 0 Å². The molecule has 280 valence electrons. The van der Waals surface area contributed by atoms with Crippen molar-refractivity contribution in [2.75, 3.05) is 20.3 Å². The third-order valence-electron chi connectivity index (χ3n) is 8.51. The highest BCUT2D eigenvalue weighted by molar-refractivity contribution is 6.30. The first-order valence-electron chi connectivity index (χ1n) is 17.5. The number of methoxy groups -OCH3 is 1. The van der Waals surface area contributed by atoms with Crippen molar-refractivity contribution >= 4 is 29.5 Å². The van der Waals surface area contributed by atoms with Gasteiger partial charge in [-0.2, -0.15) is 13.2 Å². The highest BCUT2D eigenvalue weighted by Gasteiger charge is 2.32. The topological polar surface area (TPSA) is 69.2 Å². The molecule has 1 amide bonds. The first-order valence-corrected chi connectivity index (χ1v) is 17.8. The van der Waals surface area contributed by atoms with Crippen molar-refractivity contribution in [2.45, 2.75) is 133 Å². The third-order valence-corrected chi connectivity index (χ3v) is 8.72.